The SMILES string of the molecule is CCc1cc(OC)cc(OCCCO)c1F. The average Bonchev–Trinajstić information content (AvgIpc) is 2.31. The van der Waals surface area contributed by atoms with Crippen molar-refractivity contribution < 1.29 is 19.0 Å². The van der Waals surface area contributed by atoms with E-state index in [-0.39, 0.29) is 18.2 Å². The molecular formula is C12H17FO3. The van der Waals surface area contributed by atoms with Gasteiger partial charge in [0.05, 0.1) is 13.7 Å². The lowest BCUT2D eigenvalue weighted by atomic mass is 10.1. The van der Waals surface area contributed by atoms with Gasteiger partial charge in [0.1, 0.15) is 5.75 Å². The van der Waals surface area contributed by atoms with Gasteiger partial charge in [-0.1, -0.05) is 6.92 Å². The predicted octanol–water partition coefficient (Wildman–Crippen LogP) is 2.16. The zero-order valence-corrected chi connectivity index (χ0v) is 9.62. The van der Waals surface area contributed by atoms with Crippen LogP contribution in [0, 0.1) is 5.82 Å². The molecule has 1 rings (SSSR count). The smallest absolute Gasteiger partial charge is 0.168 e. The molecule has 0 bridgehead atoms. The summed E-state index contributed by atoms with van der Waals surface area (Å²) in [5.41, 5.74) is 0.568. The molecule has 0 spiro atoms. The summed E-state index contributed by atoms with van der Waals surface area (Å²) in [6.07, 6.45) is 1.07. The van der Waals surface area contributed by atoms with E-state index >= 15 is 0 Å². The fraction of sp³-hybridized carbons (Fsp3) is 0.500. The number of rotatable bonds is 6. The number of methoxy groups -OCH3 is 1. The van der Waals surface area contributed by atoms with E-state index in [0.717, 1.165) is 0 Å². The normalized spacial score (nSPS) is 10.2. The molecule has 0 saturated carbocycles. The molecule has 4 heteroatoms. The van der Waals surface area contributed by atoms with Gasteiger partial charge in [-0.05, 0) is 18.1 Å². The summed E-state index contributed by atoms with van der Waals surface area (Å²) in [4.78, 5) is 0. The van der Waals surface area contributed by atoms with E-state index in [0.29, 0.717) is 30.8 Å². The van der Waals surface area contributed by atoms with E-state index in [1.807, 2.05) is 6.92 Å². The molecule has 0 saturated heterocycles. The first-order valence-electron chi connectivity index (χ1n) is 5.33. The number of hydrogen-bond acceptors (Lipinski definition) is 3. The van der Waals surface area contributed by atoms with Crippen LogP contribution in [-0.2, 0) is 6.42 Å². The Balaban J connectivity index is 2.88. The molecular weight excluding hydrogens is 211 g/mol. The van der Waals surface area contributed by atoms with Crippen molar-refractivity contribution in [1.29, 1.82) is 0 Å². The zero-order chi connectivity index (χ0) is 12.0. The van der Waals surface area contributed by atoms with Crippen LogP contribution in [0.4, 0.5) is 4.39 Å². The van der Waals surface area contributed by atoms with Crippen molar-refractivity contribution in [3.63, 3.8) is 0 Å². The Morgan fingerprint density at radius 2 is 2.12 bits per heavy atom. The number of aliphatic hydroxyl groups excluding tert-OH is 1. The Hall–Kier alpha value is -1.29. The number of halogens is 1. The second-order valence-corrected chi connectivity index (χ2v) is 3.38. The Bertz CT molecular complexity index is 339. The lowest BCUT2D eigenvalue weighted by Gasteiger charge is -2.11. The van der Waals surface area contributed by atoms with Crippen molar-refractivity contribution in [2.45, 2.75) is 19.8 Å². The maximum Gasteiger partial charge on any atom is 0.168 e. The zero-order valence-electron chi connectivity index (χ0n) is 9.62. The lowest BCUT2D eigenvalue weighted by Crippen LogP contribution is -2.03. The topological polar surface area (TPSA) is 38.7 Å². The summed E-state index contributed by atoms with van der Waals surface area (Å²) in [5, 5.41) is 8.62. The van der Waals surface area contributed by atoms with Gasteiger partial charge in [-0.15, -0.1) is 0 Å². The van der Waals surface area contributed by atoms with Crippen LogP contribution in [0.3, 0.4) is 0 Å². The van der Waals surface area contributed by atoms with Crippen molar-refractivity contribution in [2.75, 3.05) is 20.3 Å². The van der Waals surface area contributed by atoms with E-state index < -0.39 is 0 Å². The van der Waals surface area contributed by atoms with Gasteiger partial charge in [-0.3, -0.25) is 0 Å². The summed E-state index contributed by atoms with van der Waals surface area (Å²) in [6, 6.07) is 3.18. The second kappa shape index (κ2) is 6.33. The highest BCUT2D eigenvalue weighted by atomic mass is 19.1. The van der Waals surface area contributed by atoms with Gasteiger partial charge in [0.15, 0.2) is 11.6 Å². The van der Waals surface area contributed by atoms with Gasteiger partial charge < -0.3 is 14.6 Å². The minimum Gasteiger partial charge on any atom is -0.497 e. The van der Waals surface area contributed by atoms with E-state index in [1.165, 1.54) is 13.2 Å². The third kappa shape index (κ3) is 3.10. The van der Waals surface area contributed by atoms with E-state index in [4.69, 9.17) is 14.6 Å². The van der Waals surface area contributed by atoms with Gasteiger partial charge in [-0.2, -0.15) is 0 Å². The van der Waals surface area contributed by atoms with Crippen molar-refractivity contribution in [1.82, 2.24) is 0 Å². The Morgan fingerprint density at radius 3 is 2.69 bits per heavy atom. The summed E-state index contributed by atoms with van der Waals surface area (Å²) >= 11 is 0. The van der Waals surface area contributed by atoms with Crippen LogP contribution in [-0.4, -0.2) is 25.4 Å². The summed E-state index contributed by atoms with van der Waals surface area (Å²) in [6.45, 7) is 2.20. The van der Waals surface area contributed by atoms with Crippen LogP contribution in [0.2, 0.25) is 0 Å². The summed E-state index contributed by atoms with van der Waals surface area (Å²) in [7, 11) is 1.53. The highest BCUT2D eigenvalue weighted by molar-refractivity contribution is 5.40. The Labute approximate surface area is 94.8 Å². The van der Waals surface area contributed by atoms with E-state index in [9.17, 15) is 4.39 Å². The molecule has 0 atom stereocenters. The lowest BCUT2D eigenvalue weighted by molar-refractivity contribution is 0.227. The highest BCUT2D eigenvalue weighted by Crippen LogP contribution is 2.27. The van der Waals surface area contributed by atoms with Crippen molar-refractivity contribution in [2.24, 2.45) is 0 Å². The number of aryl methyl sites for hydroxylation is 1. The van der Waals surface area contributed by atoms with Crippen molar-refractivity contribution in [3.05, 3.63) is 23.5 Å². The highest BCUT2D eigenvalue weighted by Gasteiger charge is 2.11. The van der Waals surface area contributed by atoms with Crippen molar-refractivity contribution >= 4 is 0 Å². The maximum absolute atomic E-state index is 13.8. The Morgan fingerprint density at radius 1 is 1.38 bits per heavy atom. The number of ether oxygens (including phenoxy) is 2. The van der Waals surface area contributed by atoms with Crippen LogP contribution in [0.1, 0.15) is 18.9 Å². The molecule has 1 N–H and O–H groups in total. The summed E-state index contributed by atoms with van der Waals surface area (Å²) < 4.78 is 24.1. The van der Waals surface area contributed by atoms with E-state index in [2.05, 4.69) is 0 Å². The van der Waals surface area contributed by atoms with Crippen molar-refractivity contribution in [3.8, 4) is 11.5 Å². The minimum atomic E-state index is -0.346. The predicted molar refractivity (Wildman–Crippen MR) is 59.5 cm³/mol. The van der Waals surface area contributed by atoms with Gasteiger partial charge in [-0.25, -0.2) is 4.39 Å². The van der Waals surface area contributed by atoms with E-state index in [1.54, 1.807) is 6.07 Å². The molecule has 90 valence electrons. The van der Waals surface area contributed by atoms with Crippen LogP contribution in [0.25, 0.3) is 0 Å². The summed E-state index contributed by atoms with van der Waals surface area (Å²) in [5.74, 6) is 0.420. The quantitative estimate of drug-likeness (QED) is 0.758. The molecule has 0 radical (unpaired) electrons. The fourth-order valence-electron chi connectivity index (χ4n) is 1.35. The average molecular weight is 228 g/mol. The first-order chi connectivity index (χ1) is 7.72. The van der Waals surface area contributed by atoms with Crippen LogP contribution in [0.15, 0.2) is 12.1 Å². The Kier molecular flexibility index (Phi) is 5.05. The molecule has 3 nitrogen and oxygen atoms in total. The standard InChI is InChI=1S/C12H17FO3/c1-3-9-7-10(15-2)8-11(12(9)13)16-6-4-5-14/h7-8,14H,3-6H2,1-2H3. The number of aliphatic hydroxyl groups is 1. The van der Waals surface area contributed by atoms with Gasteiger partial charge in [0, 0.05) is 19.1 Å². The molecule has 0 aliphatic carbocycles. The minimum absolute atomic E-state index is 0.0340. The largest absolute Gasteiger partial charge is 0.497 e. The molecule has 0 aliphatic heterocycles. The third-order valence-electron chi connectivity index (χ3n) is 2.26. The maximum atomic E-state index is 13.8. The van der Waals surface area contributed by atoms with Crippen LogP contribution < -0.4 is 9.47 Å². The first-order valence-corrected chi connectivity index (χ1v) is 5.33. The fourth-order valence-corrected chi connectivity index (χ4v) is 1.35. The molecule has 0 heterocycles. The number of hydrogen-bond donors (Lipinski definition) is 1. The van der Waals surface area contributed by atoms with Gasteiger partial charge in [0.2, 0.25) is 0 Å². The molecule has 0 aromatic heterocycles. The van der Waals surface area contributed by atoms with Gasteiger partial charge in [0.25, 0.3) is 0 Å². The molecule has 0 aliphatic rings. The van der Waals surface area contributed by atoms with Crippen LogP contribution in [0.5, 0.6) is 11.5 Å². The first kappa shape index (κ1) is 12.8. The third-order valence-corrected chi connectivity index (χ3v) is 2.26. The number of benzene rings is 1. The van der Waals surface area contributed by atoms with Gasteiger partial charge >= 0.3 is 0 Å². The molecule has 0 unspecified atom stereocenters. The second-order valence-electron chi connectivity index (χ2n) is 3.38. The molecule has 16 heavy (non-hydrogen) atoms. The molecule has 0 fully saturated rings. The van der Waals surface area contributed by atoms with Crippen LogP contribution >= 0.6 is 0 Å². The molecule has 1 aromatic carbocycles. The molecule has 0 amide bonds. The molecule has 1 aromatic rings. The monoisotopic (exact) mass is 228 g/mol.